The number of methoxy groups -OCH3 is 1. The van der Waals surface area contributed by atoms with Gasteiger partial charge in [0.05, 0.1) is 20.3 Å². The smallest absolute Gasteiger partial charge is 0.168 e. The summed E-state index contributed by atoms with van der Waals surface area (Å²) in [4.78, 5) is 0. The lowest BCUT2D eigenvalue weighted by molar-refractivity contribution is -0.283. The summed E-state index contributed by atoms with van der Waals surface area (Å²) in [5.41, 5.74) is 2.75. The van der Waals surface area contributed by atoms with Crippen molar-refractivity contribution in [3.8, 4) is 5.75 Å². The molecule has 1 saturated carbocycles. The van der Waals surface area contributed by atoms with Gasteiger partial charge in [-0.2, -0.15) is 0 Å². The highest BCUT2D eigenvalue weighted by Gasteiger charge is 2.49. The third-order valence-corrected chi connectivity index (χ3v) is 6.39. The number of hydrogen-bond donors (Lipinski definition) is 0. The number of rotatable bonds is 1. The maximum Gasteiger partial charge on any atom is 0.168 e. The van der Waals surface area contributed by atoms with Crippen LogP contribution in [0, 0.1) is 0 Å². The highest BCUT2D eigenvalue weighted by Crippen LogP contribution is 2.56. The van der Waals surface area contributed by atoms with E-state index in [0.29, 0.717) is 0 Å². The Bertz CT molecular complexity index is 607. The minimum Gasteiger partial charge on any atom is -0.497 e. The van der Waals surface area contributed by atoms with E-state index in [4.69, 9.17) is 14.2 Å². The van der Waals surface area contributed by atoms with Crippen molar-refractivity contribution in [2.45, 2.75) is 43.3 Å². The zero-order valence-electron chi connectivity index (χ0n) is 12.9. The minimum atomic E-state index is -0.335. The van der Waals surface area contributed by atoms with E-state index < -0.39 is 0 Å². The largest absolute Gasteiger partial charge is 0.497 e. The molecule has 4 rings (SSSR count). The fourth-order valence-electron chi connectivity index (χ4n) is 4.08. The molecule has 0 aromatic heterocycles. The number of fused-ring (bicyclic) bond motifs is 2. The van der Waals surface area contributed by atoms with Gasteiger partial charge in [0.2, 0.25) is 0 Å². The van der Waals surface area contributed by atoms with Gasteiger partial charge in [-0.15, -0.1) is 0 Å². The van der Waals surface area contributed by atoms with Crippen LogP contribution in [0.15, 0.2) is 22.7 Å². The Morgan fingerprint density at radius 2 is 1.82 bits per heavy atom. The maximum atomic E-state index is 6.00. The van der Waals surface area contributed by atoms with Gasteiger partial charge < -0.3 is 14.2 Å². The lowest BCUT2D eigenvalue weighted by Crippen LogP contribution is -2.47. The predicted molar refractivity (Wildman–Crippen MR) is 89.3 cm³/mol. The normalized spacial score (nSPS) is 25.1. The van der Waals surface area contributed by atoms with Crippen LogP contribution in [0.1, 0.15) is 43.2 Å². The molecular formula is C18H21BrO3. The molecule has 0 N–H and O–H groups in total. The molecule has 0 atom stereocenters. The van der Waals surface area contributed by atoms with Gasteiger partial charge in [-0.1, -0.05) is 22.0 Å². The van der Waals surface area contributed by atoms with Gasteiger partial charge >= 0.3 is 0 Å². The molecule has 0 bridgehead atoms. The molecule has 1 aliphatic heterocycles. The van der Waals surface area contributed by atoms with Gasteiger partial charge in [-0.25, -0.2) is 0 Å². The molecule has 22 heavy (non-hydrogen) atoms. The van der Waals surface area contributed by atoms with Gasteiger partial charge in [0.25, 0.3) is 0 Å². The standard InChI is InChI=1S/C18H21BrO3/c1-20-14-4-3-13-11-16(19)17(15(13)12-14)5-7-18(8-6-17)21-9-2-10-22-18/h3-4,11-12H,2,5-10H2,1H3. The summed E-state index contributed by atoms with van der Waals surface area (Å²) in [5.74, 6) is 0.595. The highest BCUT2D eigenvalue weighted by atomic mass is 79.9. The fourth-order valence-corrected chi connectivity index (χ4v) is 4.93. The minimum absolute atomic E-state index is 0.0687. The zero-order chi connectivity index (χ0) is 15.2. The van der Waals surface area contributed by atoms with Crippen molar-refractivity contribution in [3.63, 3.8) is 0 Å². The molecule has 1 aromatic carbocycles. The van der Waals surface area contributed by atoms with Crippen LogP contribution in [-0.2, 0) is 14.9 Å². The van der Waals surface area contributed by atoms with Crippen LogP contribution in [0.4, 0.5) is 0 Å². The third kappa shape index (κ3) is 2.15. The second-order valence-corrected chi connectivity index (χ2v) is 7.34. The Balaban J connectivity index is 1.65. The Labute approximate surface area is 139 Å². The maximum absolute atomic E-state index is 6.00. The summed E-state index contributed by atoms with van der Waals surface area (Å²) in [5, 5.41) is 0. The first kappa shape index (κ1) is 14.7. The second kappa shape index (κ2) is 5.36. The van der Waals surface area contributed by atoms with E-state index in [0.717, 1.165) is 51.1 Å². The summed E-state index contributed by atoms with van der Waals surface area (Å²) >= 11 is 3.84. The molecule has 0 amide bonds. The summed E-state index contributed by atoms with van der Waals surface area (Å²) < 4.78 is 18.7. The lowest BCUT2D eigenvalue weighted by Gasteiger charge is -2.46. The first-order valence-corrected chi connectivity index (χ1v) is 8.81. The first-order valence-electron chi connectivity index (χ1n) is 8.02. The molecule has 3 nitrogen and oxygen atoms in total. The van der Waals surface area contributed by atoms with E-state index >= 15 is 0 Å². The summed E-state index contributed by atoms with van der Waals surface area (Å²) in [7, 11) is 1.73. The summed E-state index contributed by atoms with van der Waals surface area (Å²) in [6, 6.07) is 6.38. The van der Waals surface area contributed by atoms with Gasteiger partial charge in [-0.3, -0.25) is 0 Å². The van der Waals surface area contributed by atoms with Gasteiger partial charge in [0.1, 0.15) is 5.75 Å². The molecular weight excluding hydrogens is 344 g/mol. The molecule has 118 valence electrons. The number of ether oxygens (including phenoxy) is 3. The van der Waals surface area contributed by atoms with Crippen LogP contribution < -0.4 is 4.74 Å². The number of halogens is 1. The monoisotopic (exact) mass is 364 g/mol. The molecule has 1 aromatic rings. The van der Waals surface area contributed by atoms with Crippen molar-refractivity contribution in [1.82, 2.24) is 0 Å². The van der Waals surface area contributed by atoms with E-state index in [2.05, 4.69) is 34.1 Å². The summed E-state index contributed by atoms with van der Waals surface area (Å²) in [6.07, 6.45) is 7.26. The second-order valence-electron chi connectivity index (χ2n) is 6.49. The fraction of sp³-hybridized carbons (Fsp3) is 0.556. The molecule has 3 aliphatic rings. The van der Waals surface area contributed by atoms with Crippen molar-refractivity contribution < 1.29 is 14.2 Å². The van der Waals surface area contributed by atoms with Crippen molar-refractivity contribution in [1.29, 1.82) is 0 Å². The number of benzene rings is 1. The van der Waals surface area contributed by atoms with Crippen LogP contribution in [0.3, 0.4) is 0 Å². The van der Waals surface area contributed by atoms with Crippen LogP contribution >= 0.6 is 15.9 Å². The van der Waals surface area contributed by atoms with Crippen molar-refractivity contribution >= 4 is 22.0 Å². The van der Waals surface area contributed by atoms with Crippen LogP contribution in [-0.4, -0.2) is 26.1 Å². The Morgan fingerprint density at radius 1 is 1.09 bits per heavy atom. The topological polar surface area (TPSA) is 27.7 Å². The van der Waals surface area contributed by atoms with Gasteiger partial charge in [-0.05, 0) is 48.6 Å². The first-order chi connectivity index (χ1) is 10.7. The van der Waals surface area contributed by atoms with Crippen LogP contribution in [0.25, 0.3) is 6.08 Å². The van der Waals surface area contributed by atoms with Gasteiger partial charge in [0.15, 0.2) is 5.79 Å². The average Bonchev–Trinajstić information content (AvgIpc) is 2.83. The molecule has 0 radical (unpaired) electrons. The van der Waals surface area contributed by atoms with E-state index in [1.807, 2.05) is 6.07 Å². The van der Waals surface area contributed by atoms with Crippen molar-refractivity contribution in [3.05, 3.63) is 33.8 Å². The molecule has 4 heteroatoms. The van der Waals surface area contributed by atoms with Crippen molar-refractivity contribution in [2.24, 2.45) is 0 Å². The van der Waals surface area contributed by atoms with Crippen LogP contribution in [0.5, 0.6) is 5.75 Å². The lowest BCUT2D eigenvalue weighted by atomic mass is 9.69. The van der Waals surface area contributed by atoms with Crippen LogP contribution in [0.2, 0.25) is 0 Å². The molecule has 0 unspecified atom stereocenters. The molecule has 2 spiro atoms. The SMILES string of the molecule is COc1ccc2c(c1)C1(CCC3(CC1)OCCCO3)C(Br)=C2. The van der Waals surface area contributed by atoms with Gasteiger partial charge in [0, 0.05) is 22.7 Å². The molecule has 1 saturated heterocycles. The highest BCUT2D eigenvalue weighted by molar-refractivity contribution is 9.11. The molecule has 2 aliphatic carbocycles. The van der Waals surface area contributed by atoms with E-state index in [1.54, 1.807) is 7.11 Å². The Hall–Kier alpha value is -0.840. The van der Waals surface area contributed by atoms with E-state index in [9.17, 15) is 0 Å². The Morgan fingerprint density at radius 3 is 2.50 bits per heavy atom. The number of allylic oxidation sites excluding steroid dienone is 1. The molecule has 1 heterocycles. The van der Waals surface area contributed by atoms with E-state index in [1.165, 1.54) is 15.6 Å². The van der Waals surface area contributed by atoms with Crippen molar-refractivity contribution in [2.75, 3.05) is 20.3 Å². The third-order valence-electron chi connectivity index (χ3n) is 5.40. The Kier molecular flexibility index (Phi) is 3.59. The summed E-state index contributed by atoms with van der Waals surface area (Å²) in [6.45, 7) is 1.66. The average molecular weight is 365 g/mol. The quantitative estimate of drug-likeness (QED) is 0.739. The molecule has 2 fully saturated rings. The number of hydrogen-bond acceptors (Lipinski definition) is 3. The predicted octanol–water partition coefficient (Wildman–Crippen LogP) is 4.39. The zero-order valence-corrected chi connectivity index (χ0v) is 14.4. The van der Waals surface area contributed by atoms with E-state index in [-0.39, 0.29) is 11.2 Å².